The van der Waals surface area contributed by atoms with E-state index in [1.807, 2.05) is 28.3 Å². The molecule has 0 spiro atoms. The molecular weight excluding hydrogens is 538 g/mol. The molecule has 1 atom stereocenters. The maximum atomic E-state index is 13.6. The minimum Gasteiger partial charge on any atom is -0.343 e. The minimum absolute atomic E-state index is 0.0355. The molecule has 0 saturated carbocycles. The van der Waals surface area contributed by atoms with Crippen LogP contribution in [0.1, 0.15) is 43.2 Å². The van der Waals surface area contributed by atoms with Gasteiger partial charge in [0.2, 0.25) is 5.91 Å². The van der Waals surface area contributed by atoms with Crippen molar-refractivity contribution >= 4 is 21.8 Å². The maximum Gasteiger partial charge on any atom is 0.261 e. The van der Waals surface area contributed by atoms with E-state index in [4.69, 9.17) is 0 Å². The number of alkyl halides is 2. The van der Waals surface area contributed by atoms with Crippen molar-refractivity contribution in [3.63, 3.8) is 0 Å². The Morgan fingerprint density at radius 3 is 2.54 bits per heavy atom. The predicted molar refractivity (Wildman–Crippen MR) is 143 cm³/mol. The van der Waals surface area contributed by atoms with Crippen molar-refractivity contribution in [2.45, 2.75) is 43.6 Å². The molecule has 0 radical (unpaired) electrons. The smallest absolute Gasteiger partial charge is 0.261 e. The molecule has 3 aromatic rings. The number of aromatic nitrogens is 2. The summed E-state index contributed by atoms with van der Waals surface area (Å²) in [5.41, 5.74) is 2.91. The van der Waals surface area contributed by atoms with E-state index in [2.05, 4.69) is 67.9 Å². The highest BCUT2D eigenvalue weighted by Gasteiger charge is 2.45. The van der Waals surface area contributed by atoms with Gasteiger partial charge in [-0.25, -0.2) is 13.8 Å². The molecule has 0 aliphatic carbocycles. The Labute approximate surface area is 224 Å². The van der Waals surface area contributed by atoms with Gasteiger partial charge < -0.3 is 9.47 Å². The SMILES string of the molecule is O=C(CCC1(c2ccc(Br)cc2)c2ccccc2-c2nccn21)N1CCC(CN2CCC(F)(F)C2)CC1. The number of piperidine rings is 1. The first kappa shape index (κ1) is 24.7. The fourth-order valence-corrected chi connectivity index (χ4v) is 6.80. The topological polar surface area (TPSA) is 41.4 Å². The normalized spacial score (nSPS) is 23.3. The molecular formula is C29H31BrF2N4O. The molecule has 37 heavy (non-hydrogen) atoms. The van der Waals surface area contributed by atoms with Gasteiger partial charge in [0.1, 0.15) is 5.82 Å². The average Bonchev–Trinajstić information content (AvgIpc) is 3.58. The molecule has 2 saturated heterocycles. The van der Waals surface area contributed by atoms with Gasteiger partial charge in [-0.1, -0.05) is 52.3 Å². The largest absolute Gasteiger partial charge is 0.343 e. The lowest BCUT2D eigenvalue weighted by atomic mass is 9.79. The number of hydrogen-bond donors (Lipinski definition) is 0. The lowest BCUT2D eigenvalue weighted by Crippen LogP contribution is -2.42. The lowest BCUT2D eigenvalue weighted by molar-refractivity contribution is -0.133. The van der Waals surface area contributed by atoms with Crippen molar-refractivity contribution in [1.82, 2.24) is 19.4 Å². The van der Waals surface area contributed by atoms with Crippen molar-refractivity contribution in [3.05, 3.63) is 76.5 Å². The summed E-state index contributed by atoms with van der Waals surface area (Å²) in [6, 6.07) is 16.7. The molecule has 2 fully saturated rings. The quantitative estimate of drug-likeness (QED) is 0.378. The first-order valence-electron chi connectivity index (χ1n) is 13.1. The molecule has 0 N–H and O–H groups in total. The van der Waals surface area contributed by atoms with Gasteiger partial charge in [-0.2, -0.15) is 0 Å². The summed E-state index contributed by atoms with van der Waals surface area (Å²) in [6.07, 6.45) is 6.63. The summed E-state index contributed by atoms with van der Waals surface area (Å²) in [5, 5.41) is 0. The third-order valence-electron chi connectivity index (χ3n) is 8.42. The maximum absolute atomic E-state index is 13.6. The van der Waals surface area contributed by atoms with Crippen LogP contribution in [0.5, 0.6) is 0 Å². The molecule has 1 amide bonds. The van der Waals surface area contributed by atoms with Gasteiger partial charge in [0.15, 0.2) is 0 Å². The Hall–Kier alpha value is -2.58. The second-order valence-electron chi connectivity index (χ2n) is 10.7. The first-order chi connectivity index (χ1) is 17.9. The third-order valence-corrected chi connectivity index (χ3v) is 8.95. The van der Waals surface area contributed by atoms with E-state index >= 15 is 0 Å². The molecule has 0 bridgehead atoms. The van der Waals surface area contributed by atoms with E-state index in [-0.39, 0.29) is 18.9 Å². The van der Waals surface area contributed by atoms with Gasteiger partial charge in [-0.3, -0.25) is 9.69 Å². The Morgan fingerprint density at radius 2 is 1.81 bits per heavy atom. The summed E-state index contributed by atoms with van der Waals surface area (Å²) in [7, 11) is 0. The Bertz CT molecular complexity index is 1290. The van der Waals surface area contributed by atoms with Crippen molar-refractivity contribution in [3.8, 4) is 11.4 Å². The molecule has 3 aliphatic rings. The number of halogens is 3. The highest BCUT2D eigenvalue weighted by Crippen LogP contribution is 2.49. The fraction of sp³-hybridized carbons (Fsp3) is 0.448. The van der Waals surface area contributed by atoms with Gasteiger partial charge in [0.25, 0.3) is 5.92 Å². The van der Waals surface area contributed by atoms with E-state index in [0.717, 1.165) is 34.3 Å². The summed E-state index contributed by atoms with van der Waals surface area (Å²) in [4.78, 5) is 22.0. The highest BCUT2D eigenvalue weighted by molar-refractivity contribution is 9.10. The highest BCUT2D eigenvalue weighted by atomic mass is 79.9. The van der Waals surface area contributed by atoms with Crippen molar-refractivity contribution < 1.29 is 13.6 Å². The summed E-state index contributed by atoms with van der Waals surface area (Å²) in [5.74, 6) is -1.08. The van der Waals surface area contributed by atoms with Crippen molar-refractivity contribution in [1.29, 1.82) is 0 Å². The lowest BCUT2D eigenvalue weighted by Gasteiger charge is -2.36. The first-order valence-corrected chi connectivity index (χ1v) is 13.9. The van der Waals surface area contributed by atoms with Crippen LogP contribution in [0.3, 0.4) is 0 Å². The van der Waals surface area contributed by atoms with Gasteiger partial charge in [0.05, 0.1) is 12.1 Å². The monoisotopic (exact) mass is 568 g/mol. The number of likely N-dealkylation sites (tertiary alicyclic amines) is 2. The summed E-state index contributed by atoms with van der Waals surface area (Å²) in [6.45, 7) is 2.46. The number of imidazole rings is 1. The van der Waals surface area contributed by atoms with Crippen LogP contribution in [0.25, 0.3) is 11.4 Å². The molecule has 3 aliphatic heterocycles. The van der Waals surface area contributed by atoms with Crippen molar-refractivity contribution in [2.75, 3.05) is 32.7 Å². The second kappa shape index (κ2) is 9.62. The van der Waals surface area contributed by atoms with Crippen LogP contribution in [-0.4, -0.2) is 63.9 Å². The van der Waals surface area contributed by atoms with Crippen LogP contribution >= 0.6 is 15.9 Å². The average molecular weight is 569 g/mol. The predicted octanol–water partition coefficient (Wildman–Crippen LogP) is 5.78. The standard InChI is InChI=1S/C29H31BrF2N4O/c30-23-7-5-22(6-8-23)29(25-4-2-1-3-24(25)27-33-14-18-36(27)29)12-9-26(37)35-15-10-21(11-16-35)19-34-17-13-28(31,32)20-34/h1-8,14,18,21H,9-13,15-17,19-20H2. The molecule has 4 heterocycles. The van der Waals surface area contributed by atoms with Crippen LogP contribution in [0, 0.1) is 5.92 Å². The van der Waals surface area contributed by atoms with Crippen molar-refractivity contribution in [2.24, 2.45) is 5.92 Å². The zero-order valence-corrected chi connectivity index (χ0v) is 22.3. The third kappa shape index (κ3) is 4.52. The molecule has 8 heteroatoms. The summed E-state index contributed by atoms with van der Waals surface area (Å²) >= 11 is 3.56. The minimum atomic E-state index is -2.55. The zero-order valence-electron chi connectivity index (χ0n) is 20.8. The van der Waals surface area contributed by atoms with Gasteiger partial charge in [0, 0.05) is 61.5 Å². The number of amides is 1. The molecule has 194 valence electrons. The zero-order chi connectivity index (χ0) is 25.6. The number of rotatable bonds is 6. The molecule has 1 aromatic heterocycles. The Morgan fingerprint density at radius 1 is 1.05 bits per heavy atom. The Kier molecular flexibility index (Phi) is 6.43. The molecule has 5 nitrogen and oxygen atoms in total. The van der Waals surface area contributed by atoms with Gasteiger partial charge >= 0.3 is 0 Å². The van der Waals surface area contributed by atoms with Gasteiger partial charge in [-0.05, 0) is 48.4 Å². The van der Waals surface area contributed by atoms with Crippen LogP contribution in [0.2, 0.25) is 0 Å². The van der Waals surface area contributed by atoms with E-state index < -0.39 is 11.5 Å². The van der Waals surface area contributed by atoms with Crippen LogP contribution in [0.15, 0.2) is 65.4 Å². The van der Waals surface area contributed by atoms with Crippen LogP contribution in [-0.2, 0) is 10.3 Å². The number of nitrogens with zero attached hydrogens (tertiary/aromatic N) is 4. The molecule has 1 unspecified atom stereocenters. The molecule has 2 aromatic carbocycles. The Balaban J connectivity index is 1.18. The number of benzene rings is 2. The van der Waals surface area contributed by atoms with E-state index in [1.54, 1.807) is 0 Å². The molecule has 6 rings (SSSR count). The van der Waals surface area contributed by atoms with E-state index in [1.165, 1.54) is 5.56 Å². The van der Waals surface area contributed by atoms with Crippen LogP contribution < -0.4 is 0 Å². The number of hydrogen-bond acceptors (Lipinski definition) is 3. The second-order valence-corrected chi connectivity index (χ2v) is 11.6. The fourth-order valence-electron chi connectivity index (χ4n) is 6.54. The number of carbonyl (C=O) groups is 1. The van der Waals surface area contributed by atoms with Crippen LogP contribution in [0.4, 0.5) is 8.78 Å². The van der Waals surface area contributed by atoms with E-state index in [9.17, 15) is 13.6 Å². The summed E-state index contributed by atoms with van der Waals surface area (Å²) < 4.78 is 30.4. The number of carbonyl (C=O) groups excluding carboxylic acids is 1. The van der Waals surface area contributed by atoms with E-state index in [0.29, 0.717) is 44.9 Å². The van der Waals surface area contributed by atoms with Gasteiger partial charge in [-0.15, -0.1) is 0 Å². The number of fused-ring (bicyclic) bond motifs is 3.